The first-order valence-corrected chi connectivity index (χ1v) is 11.2. The smallest absolute Gasteiger partial charge is 0.233 e. The Hall–Kier alpha value is -2.08. The summed E-state index contributed by atoms with van der Waals surface area (Å²) < 4.78 is 1.94. The van der Waals surface area contributed by atoms with Crippen molar-refractivity contribution in [1.29, 1.82) is 0 Å². The van der Waals surface area contributed by atoms with Gasteiger partial charge in [0, 0.05) is 12.5 Å². The van der Waals surface area contributed by atoms with Crippen molar-refractivity contribution >= 4 is 17.7 Å². The van der Waals surface area contributed by atoms with E-state index in [0.717, 1.165) is 24.5 Å². The van der Waals surface area contributed by atoms with Crippen LogP contribution in [0.5, 0.6) is 0 Å². The van der Waals surface area contributed by atoms with Crippen molar-refractivity contribution in [3.05, 3.63) is 47.8 Å². The zero-order chi connectivity index (χ0) is 19.3. The second kappa shape index (κ2) is 8.95. The molecule has 6 heteroatoms. The van der Waals surface area contributed by atoms with Crippen molar-refractivity contribution in [2.24, 2.45) is 0 Å². The standard InChI is InChI=1S/C22H28N4OS/c1-16(21(27)23-15-14-17-8-4-2-5-9-17)28-22-24-20(18-12-13-18)26(25-22)19-10-6-3-7-11-19/h3,6-8,10-11,16,18H,2,4-5,9,12-15H2,1H3,(H,23,27)/t16-/m0/s1. The molecule has 148 valence electrons. The van der Waals surface area contributed by atoms with Gasteiger partial charge in [0.15, 0.2) is 0 Å². The average molecular weight is 397 g/mol. The molecule has 1 fully saturated rings. The number of carbonyl (C=O) groups is 1. The Balaban J connectivity index is 1.35. The van der Waals surface area contributed by atoms with E-state index < -0.39 is 0 Å². The normalized spacial score (nSPS) is 17.8. The molecule has 4 rings (SSSR count). The highest BCUT2D eigenvalue weighted by atomic mass is 32.2. The monoisotopic (exact) mass is 396 g/mol. The number of thioether (sulfide) groups is 1. The highest BCUT2D eigenvalue weighted by molar-refractivity contribution is 8.00. The van der Waals surface area contributed by atoms with Gasteiger partial charge < -0.3 is 5.32 Å². The molecular weight excluding hydrogens is 368 g/mol. The fraction of sp³-hybridized carbons (Fsp3) is 0.500. The Labute approximate surface area is 171 Å². The number of aromatic nitrogens is 3. The van der Waals surface area contributed by atoms with Crippen LogP contribution in [0, 0.1) is 0 Å². The Morgan fingerprint density at radius 2 is 2.11 bits per heavy atom. The second-order valence-electron chi connectivity index (χ2n) is 7.68. The zero-order valence-corrected chi connectivity index (χ0v) is 17.3. The summed E-state index contributed by atoms with van der Waals surface area (Å²) in [6, 6.07) is 10.1. The van der Waals surface area contributed by atoms with Crippen LogP contribution in [0.2, 0.25) is 0 Å². The summed E-state index contributed by atoms with van der Waals surface area (Å²) in [5.41, 5.74) is 2.52. The van der Waals surface area contributed by atoms with Crippen LogP contribution in [0.25, 0.3) is 5.69 Å². The highest BCUT2D eigenvalue weighted by Gasteiger charge is 2.31. The molecule has 1 atom stereocenters. The molecular formula is C22H28N4OS. The van der Waals surface area contributed by atoms with Gasteiger partial charge in [-0.05, 0) is 64.0 Å². The summed E-state index contributed by atoms with van der Waals surface area (Å²) in [7, 11) is 0. The number of nitrogens with one attached hydrogen (secondary N) is 1. The summed E-state index contributed by atoms with van der Waals surface area (Å²) in [5.74, 6) is 1.57. The molecule has 2 aliphatic rings. The second-order valence-corrected chi connectivity index (χ2v) is 8.99. The highest BCUT2D eigenvalue weighted by Crippen LogP contribution is 2.40. The van der Waals surface area contributed by atoms with Crippen LogP contribution in [0.1, 0.15) is 63.6 Å². The zero-order valence-electron chi connectivity index (χ0n) is 16.4. The lowest BCUT2D eigenvalue weighted by Gasteiger charge is -2.14. The van der Waals surface area contributed by atoms with E-state index in [9.17, 15) is 4.79 Å². The van der Waals surface area contributed by atoms with Crippen LogP contribution < -0.4 is 5.32 Å². The fourth-order valence-electron chi connectivity index (χ4n) is 3.55. The van der Waals surface area contributed by atoms with Crippen molar-refractivity contribution in [2.45, 2.75) is 68.2 Å². The summed E-state index contributed by atoms with van der Waals surface area (Å²) in [4.78, 5) is 17.2. The Kier molecular flexibility index (Phi) is 6.15. The first-order valence-electron chi connectivity index (χ1n) is 10.4. The summed E-state index contributed by atoms with van der Waals surface area (Å²) >= 11 is 1.44. The van der Waals surface area contributed by atoms with E-state index in [-0.39, 0.29) is 11.2 Å². The molecule has 1 heterocycles. The number of amides is 1. The van der Waals surface area contributed by atoms with Crippen molar-refractivity contribution in [3.8, 4) is 5.69 Å². The van der Waals surface area contributed by atoms with Gasteiger partial charge in [-0.3, -0.25) is 4.79 Å². The van der Waals surface area contributed by atoms with E-state index >= 15 is 0 Å². The summed E-state index contributed by atoms with van der Waals surface area (Å²) in [6.07, 6.45) is 10.6. The summed E-state index contributed by atoms with van der Waals surface area (Å²) in [5, 5.41) is 8.25. The molecule has 0 saturated heterocycles. The maximum atomic E-state index is 12.5. The van der Waals surface area contributed by atoms with E-state index in [1.54, 1.807) is 0 Å². The minimum atomic E-state index is -0.209. The molecule has 0 spiro atoms. The molecule has 5 nitrogen and oxygen atoms in total. The molecule has 0 aliphatic heterocycles. The van der Waals surface area contributed by atoms with E-state index in [4.69, 9.17) is 10.1 Å². The van der Waals surface area contributed by atoms with Crippen LogP contribution >= 0.6 is 11.8 Å². The summed E-state index contributed by atoms with van der Waals surface area (Å²) in [6.45, 7) is 2.65. The number of benzene rings is 1. The topological polar surface area (TPSA) is 59.8 Å². The molecule has 1 aromatic carbocycles. The van der Waals surface area contributed by atoms with Gasteiger partial charge >= 0.3 is 0 Å². The van der Waals surface area contributed by atoms with Gasteiger partial charge in [-0.2, -0.15) is 0 Å². The Bertz CT molecular complexity index is 841. The number of nitrogens with zero attached hydrogens (tertiary/aromatic N) is 3. The van der Waals surface area contributed by atoms with Crippen molar-refractivity contribution in [3.63, 3.8) is 0 Å². The van der Waals surface area contributed by atoms with Gasteiger partial charge in [-0.1, -0.05) is 41.6 Å². The third-order valence-corrected chi connectivity index (χ3v) is 6.29. The third-order valence-electron chi connectivity index (χ3n) is 5.34. The van der Waals surface area contributed by atoms with E-state index in [1.807, 2.05) is 41.9 Å². The van der Waals surface area contributed by atoms with Gasteiger partial charge in [0.05, 0.1) is 10.9 Å². The minimum absolute atomic E-state index is 0.0606. The molecule has 1 saturated carbocycles. The number of hydrogen-bond acceptors (Lipinski definition) is 4. The average Bonchev–Trinajstić information content (AvgIpc) is 3.49. The molecule has 1 aromatic heterocycles. The molecule has 2 aromatic rings. The van der Waals surface area contributed by atoms with Gasteiger partial charge in [0.2, 0.25) is 11.1 Å². The van der Waals surface area contributed by atoms with Crippen molar-refractivity contribution < 1.29 is 4.79 Å². The first kappa shape index (κ1) is 19.2. The quantitative estimate of drug-likeness (QED) is 0.522. The lowest BCUT2D eigenvalue weighted by molar-refractivity contribution is -0.120. The molecule has 28 heavy (non-hydrogen) atoms. The molecule has 0 bridgehead atoms. The van der Waals surface area contributed by atoms with Gasteiger partial charge in [-0.15, -0.1) is 5.10 Å². The SMILES string of the molecule is C[C@H](Sc1nc(C2CC2)n(-c2ccccc2)n1)C(=O)NCCC1=CCCCC1. The lowest BCUT2D eigenvalue weighted by Crippen LogP contribution is -2.32. The Morgan fingerprint density at radius 1 is 1.29 bits per heavy atom. The number of para-hydroxylation sites is 1. The maximum absolute atomic E-state index is 12.5. The number of carbonyl (C=O) groups excluding carboxylic acids is 1. The molecule has 1 N–H and O–H groups in total. The van der Waals surface area contributed by atoms with E-state index in [1.165, 1.54) is 55.9 Å². The van der Waals surface area contributed by atoms with Crippen molar-refractivity contribution in [1.82, 2.24) is 20.1 Å². The fourth-order valence-corrected chi connectivity index (χ4v) is 4.33. The van der Waals surface area contributed by atoms with Gasteiger partial charge in [-0.25, -0.2) is 9.67 Å². The van der Waals surface area contributed by atoms with Crippen molar-refractivity contribution in [2.75, 3.05) is 6.54 Å². The first-order chi connectivity index (χ1) is 13.7. The van der Waals surface area contributed by atoms with Crippen LogP contribution in [0.3, 0.4) is 0 Å². The molecule has 2 aliphatic carbocycles. The van der Waals surface area contributed by atoms with Crippen LogP contribution in [-0.2, 0) is 4.79 Å². The molecule has 0 unspecified atom stereocenters. The van der Waals surface area contributed by atoms with E-state index in [0.29, 0.717) is 11.1 Å². The molecule has 0 radical (unpaired) electrons. The predicted octanol–water partition coefficient (Wildman–Crippen LogP) is 4.63. The van der Waals surface area contributed by atoms with Crippen LogP contribution in [-0.4, -0.2) is 32.5 Å². The Morgan fingerprint density at radius 3 is 2.82 bits per heavy atom. The largest absolute Gasteiger partial charge is 0.355 e. The maximum Gasteiger partial charge on any atom is 0.233 e. The van der Waals surface area contributed by atoms with Gasteiger partial charge in [0.1, 0.15) is 5.82 Å². The third kappa shape index (κ3) is 4.85. The van der Waals surface area contributed by atoms with E-state index in [2.05, 4.69) is 11.4 Å². The predicted molar refractivity (Wildman–Crippen MR) is 113 cm³/mol. The number of hydrogen-bond donors (Lipinski definition) is 1. The van der Waals surface area contributed by atoms with Crippen LogP contribution in [0.4, 0.5) is 0 Å². The lowest BCUT2D eigenvalue weighted by atomic mass is 9.97. The molecule has 1 amide bonds. The minimum Gasteiger partial charge on any atom is -0.355 e. The van der Waals surface area contributed by atoms with Crippen LogP contribution in [0.15, 0.2) is 47.1 Å². The number of rotatable bonds is 8. The van der Waals surface area contributed by atoms with Gasteiger partial charge in [0.25, 0.3) is 0 Å². The number of allylic oxidation sites excluding steroid dienone is 1.